The van der Waals surface area contributed by atoms with E-state index in [2.05, 4.69) is 41.3 Å². The van der Waals surface area contributed by atoms with Crippen LogP contribution in [0.5, 0.6) is 0 Å². The maximum atomic E-state index is 5.00. The summed E-state index contributed by atoms with van der Waals surface area (Å²) in [6, 6.07) is 20.5. The summed E-state index contributed by atoms with van der Waals surface area (Å²) in [5.41, 5.74) is 5.86. The van der Waals surface area contributed by atoms with Gasteiger partial charge in [0, 0.05) is 23.9 Å². The molecule has 4 rings (SSSR count). The minimum Gasteiger partial charge on any atom is -0.272 e. The molecule has 2 aromatic carbocycles. The molecular formula is C21H18N4. The number of aromatic nitrogens is 3. The fourth-order valence-corrected chi connectivity index (χ4v) is 2.98. The van der Waals surface area contributed by atoms with Crippen LogP contribution in [0.2, 0.25) is 0 Å². The number of aryl methyl sites for hydroxylation is 2. The van der Waals surface area contributed by atoms with Crippen molar-refractivity contribution in [3.8, 4) is 0 Å². The van der Waals surface area contributed by atoms with Crippen LogP contribution in [-0.2, 0) is 7.05 Å². The standard InChI is InChI=1S/C21H18N4/c1-15-20-18(13-22-14-19(20)24-25(15)2)23-21(16-9-5-3-6-10-16)17-11-7-4-8-12-17/h3-14H,1-2H3. The zero-order valence-corrected chi connectivity index (χ0v) is 14.2. The summed E-state index contributed by atoms with van der Waals surface area (Å²) in [4.78, 5) is 9.33. The van der Waals surface area contributed by atoms with Crippen LogP contribution in [0.1, 0.15) is 16.8 Å². The van der Waals surface area contributed by atoms with Crippen molar-refractivity contribution in [1.29, 1.82) is 0 Å². The number of hydrogen-bond acceptors (Lipinski definition) is 3. The van der Waals surface area contributed by atoms with E-state index in [1.807, 2.05) is 54.3 Å². The fraction of sp³-hybridized carbons (Fsp3) is 0.0952. The lowest BCUT2D eigenvalue weighted by Crippen LogP contribution is -2.02. The Kier molecular flexibility index (Phi) is 3.86. The van der Waals surface area contributed by atoms with Crippen molar-refractivity contribution in [2.45, 2.75) is 6.92 Å². The first kappa shape index (κ1) is 15.3. The second kappa shape index (κ2) is 6.32. The molecule has 0 aliphatic carbocycles. The van der Waals surface area contributed by atoms with E-state index < -0.39 is 0 Å². The number of fused-ring (bicyclic) bond motifs is 1. The normalized spacial score (nSPS) is 10.8. The van der Waals surface area contributed by atoms with Crippen LogP contribution in [0.15, 0.2) is 78.0 Å². The Morgan fingerprint density at radius 2 is 1.48 bits per heavy atom. The zero-order valence-electron chi connectivity index (χ0n) is 14.2. The molecule has 2 heterocycles. The van der Waals surface area contributed by atoms with E-state index >= 15 is 0 Å². The molecule has 122 valence electrons. The fourth-order valence-electron chi connectivity index (χ4n) is 2.98. The molecule has 0 aliphatic rings. The molecule has 0 bridgehead atoms. The van der Waals surface area contributed by atoms with Crippen molar-refractivity contribution in [2.75, 3.05) is 0 Å². The average Bonchev–Trinajstić information content (AvgIpc) is 2.96. The van der Waals surface area contributed by atoms with Crippen molar-refractivity contribution in [3.63, 3.8) is 0 Å². The predicted octanol–water partition coefficient (Wildman–Crippen LogP) is 4.45. The third-order valence-corrected chi connectivity index (χ3v) is 4.34. The lowest BCUT2D eigenvalue weighted by molar-refractivity contribution is 0.751. The Morgan fingerprint density at radius 3 is 2.08 bits per heavy atom. The number of aliphatic imine (C=N–C) groups is 1. The second-order valence-electron chi connectivity index (χ2n) is 5.95. The van der Waals surface area contributed by atoms with E-state index in [9.17, 15) is 0 Å². The minimum atomic E-state index is 0.839. The third kappa shape index (κ3) is 2.83. The molecule has 4 heteroatoms. The van der Waals surface area contributed by atoms with Crippen LogP contribution in [0.4, 0.5) is 5.69 Å². The highest BCUT2D eigenvalue weighted by Gasteiger charge is 2.12. The maximum Gasteiger partial charge on any atom is 0.113 e. The van der Waals surface area contributed by atoms with Crippen molar-refractivity contribution >= 4 is 22.3 Å². The summed E-state index contributed by atoms with van der Waals surface area (Å²) in [6.07, 6.45) is 3.59. The molecule has 2 aromatic heterocycles. The number of nitrogens with zero attached hydrogens (tertiary/aromatic N) is 4. The Balaban J connectivity index is 1.97. The van der Waals surface area contributed by atoms with Crippen molar-refractivity contribution in [3.05, 3.63) is 89.9 Å². The molecule has 25 heavy (non-hydrogen) atoms. The number of rotatable bonds is 3. The molecule has 0 radical (unpaired) electrons. The van der Waals surface area contributed by atoms with Gasteiger partial charge in [0.05, 0.1) is 29.2 Å². The molecule has 0 saturated heterocycles. The van der Waals surface area contributed by atoms with Gasteiger partial charge in [0.15, 0.2) is 0 Å². The van der Waals surface area contributed by atoms with Gasteiger partial charge in [-0.25, -0.2) is 4.99 Å². The monoisotopic (exact) mass is 326 g/mol. The number of benzene rings is 2. The Bertz CT molecular complexity index is 1010. The predicted molar refractivity (Wildman–Crippen MR) is 101 cm³/mol. The molecular weight excluding hydrogens is 308 g/mol. The van der Waals surface area contributed by atoms with Gasteiger partial charge in [-0.05, 0) is 6.92 Å². The molecule has 0 atom stereocenters. The first-order valence-electron chi connectivity index (χ1n) is 8.21. The van der Waals surface area contributed by atoms with E-state index in [0.29, 0.717) is 0 Å². The molecule has 0 fully saturated rings. The second-order valence-corrected chi connectivity index (χ2v) is 5.95. The van der Waals surface area contributed by atoms with Gasteiger partial charge in [0.1, 0.15) is 5.52 Å². The molecule has 0 amide bonds. The van der Waals surface area contributed by atoms with E-state index in [1.54, 1.807) is 6.20 Å². The van der Waals surface area contributed by atoms with Crippen LogP contribution >= 0.6 is 0 Å². The SMILES string of the molecule is Cc1c2c(N=C(c3ccccc3)c3ccccc3)cncc2nn1C. The average molecular weight is 326 g/mol. The topological polar surface area (TPSA) is 43.1 Å². The maximum absolute atomic E-state index is 5.00. The smallest absolute Gasteiger partial charge is 0.113 e. The van der Waals surface area contributed by atoms with Crippen LogP contribution < -0.4 is 0 Å². The van der Waals surface area contributed by atoms with Gasteiger partial charge in [0.2, 0.25) is 0 Å². The lowest BCUT2D eigenvalue weighted by Gasteiger charge is -2.08. The highest BCUT2D eigenvalue weighted by atomic mass is 15.3. The van der Waals surface area contributed by atoms with Crippen LogP contribution in [0, 0.1) is 6.92 Å². The summed E-state index contributed by atoms with van der Waals surface area (Å²) < 4.78 is 1.87. The largest absolute Gasteiger partial charge is 0.272 e. The quantitative estimate of drug-likeness (QED) is 0.522. The van der Waals surface area contributed by atoms with Gasteiger partial charge < -0.3 is 0 Å². The third-order valence-electron chi connectivity index (χ3n) is 4.34. The van der Waals surface area contributed by atoms with Crippen molar-refractivity contribution in [1.82, 2.24) is 14.8 Å². The molecule has 4 nitrogen and oxygen atoms in total. The van der Waals surface area contributed by atoms with E-state index in [1.165, 1.54) is 0 Å². The summed E-state index contributed by atoms with van der Waals surface area (Å²) in [5.74, 6) is 0. The Labute approximate surface area is 146 Å². The van der Waals surface area contributed by atoms with Gasteiger partial charge in [0.25, 0.3) is 0 Å². The van der Waals surface area contributed by atoms with Gasteiger partial charge in [-0.2, -0.15) is 5.10 Å². The molecule has 4 aromatic rings. The first-order chi connectivity index (χ1) is 12.2. The van der Waals surface area contributed by atoms with Crippen LogP contribution in [0.3, 0.4) is 0 Å². The summed E-state index contributed by atoms with van der Waals surface area (Å²) in [6.45, 7) is 2.05. The van der Waals surface area contributed by atoms with E-state index in [-0.39, 0.29) is 0 Å². The van der Waals surface area contributed by atoms with Crippen molar-refractivity contribution in [2.24, 2.45) is 12.0 Å². The molecule has 0 aliphatic heterocycles. The number of pyridine rings is 1. The van der Waals surface area contributed by atoms with E-state index in [4.69, 9.17) is 4.99 Å². The molecule has 0 N–H and O–H groups in total. The first-order valence-corrected chi connectivity index (χ1v) is 8.21. The molecule has 0 spiro atoms. The summed E-state index contributed by atoms with van der Waals surface area (Å²) >= 11 is 0. The number of hydrogen-bond donors (Lipinski definition) is 0. The lowest BCUT2D eigenvalue weighted by atomic mass is 10.0. The van der Waals surface area contributed by atoms with Gasteiger partial charge in [-0.15, -0.1) is 0 Å². The minimum absolute atomic E-state index is 0.839. The zero-order chi connectivity index (χ0) is 17.2. The summed E-state index contributed by atoms with van der Waals surface area (Å²) in [5, 5.41) is 5.55. The molecule has 0 unspecified atom stereocenters. The van der Waals surface area contributed by atoms with Crippen LogP contribution in [0.25, 0.3) is 10.9 Å². The van der Waals surface area contributed by atoms with Gasteiger partial charge in [-0.1, -0.05) is 60.7 Å². The Morgan fingerprint density at radius 1 is 0.880 bits per heavy atom. The van der Waals surface area contributed by atoms with Crippen LogP contribution in [-0.4, -0.2) is 20.5 Å². The molecule has 0 saturated carbocycles. The van der Waals surface area contributed by atoms with Gasteiger partial charge in [-0.3, -0.25) is 9.67 Å². The Hall–Kier alpha value is -3.27. The van der Waals surface area contributed by atoms with Crippen molar-refractivity contribution < 1.29 is 0 Å². The highest BCUT2D eigenvalue weighted by Crippen LogP contribution is 2.28. The van der Waals surface area contributed by atoms with Gasteiger partial charge >= 0.3 is 0 Å². The van der Waals surface area contributed by atoms with E-state index in [0.717, 1.165) is 39.1 Å². The summed E-state index contributed by atoms with van der Waals surface area (Å²) in [7, 11) is 1.94. The highest BCUT2D eigenvalue weighted by molar-refractivity contribution is 6.14.